The summed E-state index contributed by atoms with van der Waals surface area (Å²) in [6.07, 6.45) is -1.38. The average Bonchev–Trinajstić information content (AvgIpc) is 3.17. The average molecular weight is 865 g/mol. The SMILES string of the molecule is CCOc1cc2nc(c1)NC(=O)CCN(S(=O)(=O)c1ccc(C)cc1)CCC(=O)Nc1cc(OCC)cc(n1)NC(=O)CCN(S(=O)(=O)c1ccc(C)cc1)CCC(=O)N2. The first-order chi connectivity index (χ1) is 28.5. The summed E-state index contributed by atoms with van der Waals surface area (Å²) in [6.45, 7) is 6.28. The standard InChI is InChI=1S/C40H48N8O10S2/c1-5-57-29-23-33-41-34(24-29)44-38(50)16-20-48(60(55,56)32-13-9-28(4)10-14-32)22-18-40(52)46-36-26-30(58-6-2)25-35(42-36)45-39(51)17-21-47(19-15-37(49)43-33)59(53,54)31-11-7-27(3)8-12-31/h7-14,23-26H,5-6,15-22H2,1-4H3,(H2,41,43,44,49,50)(H2,42,45,46,51,52). The highest BCUT2D eigenvalue weighted by Gasteiger charge is 2.28. The van der Waals surface area contributed by atoms with Gasteiger partial charge in [-0.1, -0.05) is 35.4 Å². The van der Waals surface area contributed by atoms with E-state index in [2.05, 4.69) is 31.2 Å². The fourth-order valence-electron chi connectivity index (χ4n) is 5.92. The Hall–Kier alpha value is -5.96. The van der Waals surface area contributed by atoms with E-state index >= 15 is 0 Å². The van der Waals surface area contributed by atoms with Crippen LogP contribution in [-0.2, 0) is 39.2 Å². The van der Waals surface area contributed by atoms with Crippen LogP contribution in [0.25, 0.3) is 0 Å². The Balaban J connectivity index is 1.48. The number of ether oxygens (including phenoxy) is 2. The molecular weight excluding hydrogens is 817 g/mol. The molecule has 60 heavy (non-hydrogen) atoms. The van der Waals surface area contributed by atoms with E-state index in [9.17, 15) is 36.0 Å². The quantitative estimate of drug-likeness (QED) is 0.194. The number of rotatable bonds is 8. The molecule has 0 radical (unpaired) electrons. The maximum absolute atomic E-state index is 13.8. The normalized spacial score (nSPS) is 16.1. The second kappa shape index (κ2) is 20.3. The van der Waals surface area contributed by atoms with Gasteiger partial charge in [0.05, 0.1) is 23.0 Å². The fraction of sp³-hybridized carbons (Fsp3) is 0.350. The second-order valence-electron chi connectivity index (χ2n) is 13.6. The predicted octanol–water partition coefficient (Wildman–Crippen LogP) is 4.30. The van der Waals surface area contributed by atoms with Crippen LogP contribution in [0.5, 0.6) is 11.5 Å². The molecular formula is C40H48N8O10S2. The Kier molecular flexibility index (Phi) is 15.3. The molecule has 1 aliphatic heterocycles. The molecule has 1 aliphatic rings. The fourth-order valence-corrected chi connectivity index (χ4v) is 8.80. The molecule has 0 spiro atoms. The van der Waals surface area contributed by atoms with E-state index in [1.165, 1.54) is 48.5 Å². The predicted molar refractivity (Wildman–Crippen MR) is 224 cm³/mol. The van der Waals surface area contributed by atoms with Crippen LogP contribution >= 0.6 is 0 Å². The lowest BCUT2D eigenvalue weighted by molar-refractivity contribution is -0.117. The Morgan fingerprint density at radius 3 is 1.02 bits per heavy atom. The van der Waals surface area contributed by atoms with Crippen LogP contribution in [0.2, 0.25) is 0 Å². The number of nitrogens with one attached hydrogen (secondary N) is 4. The summed E-state index contributed by atoms with van der Waals surface area (Å²) < 4.78 is 68.7. The number of fused-ring (bicyclic) bond motifs is 4. The second-order valence-corrected chi connectivity index (χ2v) is 17.5. The van der Waals surface area contributed by atoms with Gasteiger partial charge in [0.2, 0.25) is 43.7 Å². The summed E-state index contributed by atoms with van der Waals surface area (Å²) in [6, 6.07) is 18.0. The Morgan fingerprint density at radius 1 is 0.500 bits per heavy atom. The van der Waals surface area contributed by atoms with Crippen molar-refractivity contribution in [3.05, 3.63) is 83.9 Å². The monoisotopic (exact) mass is 864 g/mol. The van der Waals surface area contributed by atoms with Crippen molar-refractivity contribution < 1.29 is 45.5 Å². The smallest absolute Gasteiger partial charge is 0.243 e. The molecule has 2 aromatic carbocycles. The van der Waals surface area contributed by atoms with Crippen LogP contribution in [0, 0.1) is 13.8 Å². The molecule has 4 amide bonds. The highest BCUT2D eigenvalue weighted by Crippen LogP contribution is 2.25. The molecule has 4 N–H and O–H groups in total. The zero-order chi connectivity index (χ0) is 43.5. The number of benzene rings is 2. The minimum absolute atomic E-state index is 0.0150. The topological polar surface area (TPSA) is 235 Å². The molecule has 4 bridgehead atoms. The van der Waals surface area contributed by atoms with Crippen molar-refractivity contribution in [2.75, 3.05) is 60.7 Å². The summed E-state index contributed by atoms with van der Waals surface area (Å²) in [5, 5.41) is 10.5. The highest BCUT2D eigenvalue weighted by atomic mass is 32.2. The largest absolute Gasteiger partial charge is 0.494 e. The lowest BCUT2D eigenvalue weighted by Crippen LogP contribution is -2.36. The summed E-state index contributed by atoms with van der Waals surface area (Å²) in [5.74, 6) is -2.07. The highest BCUT2D eigenvalue weighted by molar-refractivity contribution is 7.89. The zero-order valence-corrected chi connectivity index (χ0v) is 35.3. The maximum atomic E-state index is 13.8. The Bertz CT molecular complexity index is 2160. The molecule has 0 saturated heterocycles. The zero-order valence-electron chi connectivity index (χ0n) is 33.7. The number of pyridine rings is 2. The third-order valence-electron chi connectivity index (χ3n) is 8.96. The van der Waals surface area contributed by atoms with Crippen molar-refractivity contribution in [3.8, 4) is 11.5 Å². The number of hydrogen-bond acceptors (Lipinski definition) is 12. The van der Waals surface area contributed by atoms with Gasteiger partial charge >= 0.3 is 0 Å². The van der Waals surface area contributed by atoms with E-state index in [0.717, 1.165) is 19.7 Å². The molecule has 0 fully saturated rings. The van der Waals surface area contributed by atoms with Gasteiger partial charge in [0.15, 0.2) is 0 Å². The molecule has 3 heterocycles. The number of aryl methyl sites for hydroxylation is 2. The number of sulfonamides is 2. The number of aromatic nitrogens is 2. The van der Waals surface area contributed by atoms with Gasteiger partial charge in [-0.3, -0.25) is 19.2 Å². The summed E-state index contributed by atoms with van der Waals surface area (Å²) >= 11 is 0. The lowest BCUT2D eigenvalue weighted by Gasteiger charge is -2.22. The number of anilines is 4. The van der Waals surface area contributed by atoms with Gasteiger partial charge in [-0.2, -0.15) is 8.61 Å². The molecule has 4 aromatic rings. The Labute approximate surface area is 349 Å². The van der Waals surface area contributed by atoms with Gasteiger partial charge in [0, 0.05) is 76.1 Å². The molecule has 320 valence electrons. The minimum Gasteiger partial charge on any atom is -0.494 e. The molecule has 2 aromatic heterocycles. The molecule has 20 heteroatoms. The van der Waals surface area contributed by atoms with E-state index in [-0.39, 0.29) is 110 Å². The molecule has 0 aliphatic carbocycles. The van der Waals surface area contributed by atoms with Gasteiger partial charge in [-0.25, -0.2) is 26.8 Å². The number of nitrogens with zero attached hydrogens (tertiary/aromatic N) is 4. The molecule has 5 rings (SSSR count). The van der Waals surface area contributed by atoms with Crippen LogP contribution in [0.1, 0.15) is 50.7 Å². The third-order valence-corrected chi connectivity index (χ3v) is 12.8. The van der Waals surface area contributed by atoms with Crippen molar-refractivity contribution in [3.63, 3.8) is 0 Å². The van der Waals surface area contributed by atoms with Crippen LogP contribution in [-0.4, -0.2) is 98.4 Å². The third kappa shape index (κ3) is 12.5. The van der Waals surface area contributed by atoms with Crippen LogP contribution in [0.4, 0.5) is 23.3 Å². The van der Waals surface area contributed by atoms with Crippen molar-refractivity contribution in [1.82, 2.24) is 18.6 Å². The number of carbonyl (C=O) groups is 4. The van der Waals surface area contributed by atoms with Crippen molar-refractivity contribution in [1.29, 1.82) is 0 Å². The first-order valence-corrected chi connectivity index (χ1v) is 22.1. The van der Waals surface area contributed by atoms with Crippen LogP contribution in [0.3, 0.4) is 0 Å². The number of carbonyl (C=O) groups excluding carboxylic acids is 4. The number of amides is 4. The number of hydrogen-bond donors (Lipinski definition) is 4. The van der Waals surface area contributed by atoms with Crippen molar-refractivity contribution >= 4 is 66.9 Å². The molecule has 0 saturated carbocycles. The van der Waals surface area contributed by atoms with Gasteiger partial charge in [-0.15, -0.1) is 0 Å². The summed E-state index contributed by atoms with van der Waals surface area (Å²) in [7, 11) is -8.38. The first kappa shape index (κ1) is 45.1. The molecule has 18 nitrogen and oxygen atoms in total. The van der Waals surface area contributed by atoms with Crippen LogP contribution < -0.4 is 30.7 Å². The minimum atomic E-state index is -4.19. The van der Waals surface area contributed by atoms with Gasteiger partial charge < -0.3 is 30.7 Å². The van der Waals surface area contributed by atoms with Gasteiger partial charge in [0.25, 0.3) is 0 Å². The van der Waals surface area contributed by atoms with Crippen molar-refractivity contribution in [2.45, 2.75) is 63.2 Å². The van der Waals surface area contributed by atoms with E-state index in [0.29, 0.717) is 0 Å². The molecule has 0 atom stereocenters. The van der Waals surface area contributed by atoms with Crippen LogP contribution in [0.15, 0.2) is 82.6 Å². The molecule has 0 unspecified atom stereocenters. The van der Waals surface area contributed by atoms with Gasteiger partial charge in [0.1, 0.15) is 34.8 Å². The van der Waals surface area contributed by atoms with Gasteiger partial charge in [-0.05, 0) is 52.0 Å². The lowest BCUT2D eigenvalue weighted by atomic mass is 10.2. The van der Waals surface area contributed by atoms with E-state index in [1.54, 1.807) is 38.1 Å². The van der Waals surface area contributed by atoms with E-state index in [4.69, 9.17) is 9.47 Å². The van der Waals surface area contributed by atoms with Crippen molar-refractivity contribution in [2.24, 2.45) is 0 Å². The van der Waals surface area contributed by atoms with E-state index < -0.39 is 43.7 Å². The Morgan fingerprint density at radius 2 is 0.767 bits per heavy atom. The summed E-state index contributed by atoms with van der Waals surface area (Å²) in [4.78, 5) is 61.9. The summed E-state index contributed by atoms with van der Waals surface area (Å²) in [5.41, 5.74) is 1.67. The first-order valence-electron chi connectivity index (χ1n) is 19.2. The maximum Gasteiger partial charge on any atom is 0.243 e. The van der Waals surface area contributed by atoms with E-state index in [1.807, 2.05) is 13.8 Å².